The highest BCUT2D eigenvalue weighted by atomic mass is 79.9. The molecular formula is C14H15BrFNO3. The molecule has 0 radical (unpaired) electrons. The van der Waals surface area contributed by atoms with Crippen LogP contribution in [-0.2, 0) is 4.79 Å². The summed E-state index contributed by atoms with van der Waals surface area (Å²) in [7, 11) is 0. The Morgan fingerprint density at radius 1 is 1.40 bits per heavy atom. The number of piperidine rings is 1. The summed E-state index contributed by atoms with van der Waals surface area (Å²) in [4.78, 5) is 25.1. The summed E-state index contributed by atoms with van der Waals surface area (Å²) in [6.45, 7) is 2.28. The number of amides is 1. The predicted octanol–water partition coefficient (Wildman–Crippen LogP) is 2.92. The van der Waals surface area contributed by atoms with Crippen molar-refractivity contribution >= 4 is 27.8 Å². The molecule has 1 N–H and O–H groups in total. The molecule has 1 aromatic carbocycles. The number of carboxylic acids is 1. The summed E-state index contributed by atoms with van der Waals surface area (Å²) in [6, 6.07) is 3.98. The van der Waals surface area contributed by atoms with E-state index in [-0.39, 0.29) is 18.0 Å². The fourth-order valence-electron chi connectivity index (χ4n) is 2.45. The zero-order valence-electron chi connectivity index (χ0n) is 11.0. The van der Waals surface area contributed by atoms with E-state index in [1.807, 2.05) is 0 Å². The minimum Gasteiger partial charge on any atom is -0.481 e. The first kappa shape index (κ1) is 15.0. The Bertz CT molecular complexity index is 543. The molecule has 0 saturated carbocycles. The molecule has 2 rings (SSSR count). The van der Waals surface area contributed by atoms with Gasteiger partial charge in [-0.2, -0.15) is 0 Å². The Labute approximate surface area is 124 Å². The molecule has 1 aliphatic rings. The van der Waals surface area contributed by atoms with Gasteiger partial charge in [-0.1, -0.05) is 15.9 Å². The number of carbonyl (C=O) groups is 2. The van der Waals surface area contributed by atoms with Gasteiger partial charge in [-0.15, -0.1) is 0 Å². The summed E-state index contributed by atoms with van der Waals surface area (Å²) in [5, 5.41) is 9.25. The minimum atomic E-state index is -0.932. The monoisotopic (exact) mass is 343 g/mol. The third-order valence-electron chi connectivity index (χ3n) is 3.61. The maximum atomic E-state index is 13.3. The van der Waals surface area contributed by atoms with E-state index < -0.39 is 17.2 Å². The SMILES string of the molecule is CC1(C(=O)O)CCCN(C(=O)c2cc(F)cc(Br)c2)C1. The predicted molar refractivity (Wildman–Crippen MR) is 75.0 cm³/mol. The number of halogens is 2. The number of likely N-dealkylation sites (tertiary alicyclic amines) is 1. The maximum Gasteiger partial charge on any atom is 0.311 e. The summed E-state index contributed by atoms with van der Waals surface area (Å²) in [6.07, 6.45) is 1.17. The Morgan fingerprint density at radius 3 is 2.70 bits per heavy atom. The van der Waals surface area contributed by atoms with E-state index in [2.05, 4.69) is 15.9 Å². The number of carboxylic acid groups (broad SMARTS) is 1. The van der Waals surface area contributed by atoms with Crippen LogP contribution in [0.3, 0.4) is 0 Å². The first-order valence-corrected chi connectivity index (χ1v) is 7.10. The second-order valence-electron chi connectivity index (χ2n) is 5.35. The highest BCUT2D eigenvalue weighted by Gasteiger charge is 2.39. The van der Waals surface area contributed by atoms with E-state index in [0.717, 1.165) is 0 Å². The molecule has 1 aromatic rings. The largest absolute Gasteiger partial charge is 0.481 e. The van der Waals surface area contributed by atoms with Gasteiger partial charge in [0.15, 0.2) is 0 Å². The van der Waals surface area contributed by atoms with E-state index in [1.165, 1.54) is 23.1 Å². The third kappa shape index (κ3) is 3.00. The van der Waals surface area contributed by atoms with Gasteiger partial charge in [0.25, 0.3) is 5.91 Å². The number of benzene rings is 1. The van der Waals surface area contributed by atoms with Crippen molar-refractivity contribution in [2.75, 3.05) is 13.1 Å². The minimum absolute atomic E-state index is 0.148. The van der Waals surface area contributed by atoms with Crippen molar-refractivity contribution in [3.63, 3.8) is 0 Å². The molecule has 1 atom stereocenters. The van der Waals surface area contributed by atoms with Crippen LogP contribution in [0.2, 0.25) is 0 Å². The first-order chi connectivity index (χ1) is 9.32. The Morgan fingerprint density at radius 2 is 2.10 bits per heavy atom. The first-order valence-electron chi connectivity index (χ1n) is 6.31. The van der Waals surface area contributed by atoms with Gasteiger partial charge < -0.3 is 10.0 Å². The third-order valence-corrected chi connectivity index (χ3v) is 4.07. The summed E-state index contributed by atoms with van der Waals surface area (Å²) >= 11 is 3.15. The molecule has 0 aromatic heterocycles. The molecule has 4 nitrogen and oxygen atoms in total. The quantitative estimate of drug-likeness (QED) is 0.898. The average molecular weight is 344 g/mol. The van der Waals surface area contributed by atoms with Crippen LogP contribution in [0.25, 0.3) is 0 Å². The Hall–Kier alpha value is -1.43. The lowest BCUT2D eigenvalue weighted by molar-refractivity contribution is -0.150. The average Bonchev–Trinajstić information content (AvgIpc) is 2.36. The van der Waals surface area contributed by atoms with Gasteiger partial charge in [0, 0.05) is 23.1 Å². The van der Waals surface area contributed by atoms with Gasteiger partial charge in [-0.05, 0) is 38.0 Å². The van der Waals surface area contributed by atoms with Crippen LogP contribution in [0.1, 0.15) is 30.1 Å². The lowest BCUT2D eigenvalue weighted by Crippen LogP contribution is -2.48. The molecule has 1 aliphatic heterocycles. The number of hydrogen-bond donors (Lipinski definition) is 1. The zero-order valence-corrected chi connectivity index (χ0v) is 12.6. The molecule has 1 saturated heterocycles. The van der Waals surface area contributed by atoms with Gasteiger partial charge in [0.1, 0.15) is 5.82 Å². The molecule has 20 heavy (non-hydrogen) atoms. The number of hydrogen-bond acceptors (Lipinski definition) is 2. The Kier molecular flexibility index (Phi) is 4.13. The molecule has 0 aliphatic carbocycles. The number of rotatable bonds is 2. The molecule has 0 spiro atoms. The van der Waals surface area contributed by atoms with Gasteiger partial charge in [0.05, 0.1) is 5.41 Å². The van der Waals surface area contributed by atoms with E-state index in [4.69, 9.17) is 0 Å². The van der Waals surface area contributed by atoms with E-state index in [0.29, 0.717) is 23.9 Å². The fourth-order valence-corrected chi connectivity index (χ4v) is 2.91. The van der Waals surface area contributed by atoms with Gasteiger partial charge in [-0.3, -0.25) is 9.59 Å². The van der Waals surface area contributed by atoms with Crippen molar-refractivity contribution in [1.82, 2.24) is 4.90 Å². The lowest BCUT2D eigenvalue weighted by atomic mass is 9.82. The lowest BCUT2D eigenvalue weighted by Gasteiger charge is -2.37. The van der Waals surface area contributed by atoms with Crippen LogP contribution >= 0.6 is 15.9 Å². The van der Waals surface area contributed by atoms with Crippen molar-refractivity contribution < 1.29 is 19.1 Å². The summed E-state index contributed by atoms with van der Waals surface area (Å²) < 4.78 is 13.8. The van der Waals surface area contributed by atoms with Crippen LogP contribution in [-0.4, -0.2) is 35.0 Å². The van der Waals surface area contributed by atoms with Crippen molar-refractivity contribution in [2.24, 2.45) is 5.41 Å². The van der Waals surface area contributed by atoms with Crippen molar-refractivity contribution in [1.29, 1.82) is 0 Å². The van der Waals surface area contributed by atoms with Gasteiger partial charge >= 0.3 is 5.97 Å². The van der Waals surface area contributed by atoms with Crippen molar-refractivity contribution in [2.45, 2.75) is 19.8 Å². The van der Waals surface area contributed by atoms with Crippen LogP contribution in [0.15, 0.2) is 22.7 Å². The molecule has 1 heterocycles. The molecule has 1 fully saturated rings. The smallest absolute Gasteiger partial charge is 0.311 e. The van der Waals surface area contributed by atoms with E-state index in [1.54, 1.807) is 6.92 Å². The van der Waals surface area contributed by atoms with Crippen LogP contribution in [0, 0.1) is 11.2 Å². The number of carbonyl (C=O) groups excluding carboxylic acids is 1. The second-order valence-corrected chi connectivity index (χ2v) is 6.27. The molecule has 1 unspecified atom stereocenters. The normalized spacial score (nSPS) is 22.6. The van der Waals surface area contributed by atoms with Crippen LogP contribution < -0.4 is 0 Å². The highest BCUT2D eigenvalue weighted by Crippen LogP contribution is 2.30. The van der Waals surface area contributed by atoms with Crippen molar-refractivity contribution in [3.8, 4) is 0 Å². The van der Waals surface area contributed by atoms with E-state index >= 15 is 0 Å². The summed E-state index contributed by atoms with van der Waals surface area (Å²) in [5.74, 6) is -1.74. The van der Waals surface area contributed by atoms with Gasteiger partial charge in [-0.25, -0.2) is 4.39 Å². The van der Waals surface area contributed by atoms with Crippen molar-refractivity contribution in [3.05, 3.63) is 34.1 Å². The van der Waals surface area contributed by atoms with E-state index in [9.17, 15) is 19.1 Å². The Balaban J connectivity index is 2.22. The summed E-state index contributed by atoms with van der Waals surface area (Å²) in [5.41, 5.74) is -0.704. The number of aliphatic carboxylic acids is 1. The van der Waals surface area contributed by atoms with Gasteiger partial charge in [0.2, 0.25) is 0 Å². The molecule has 0 bridgehead atoms. The molecular weight excluding hydrogens is 329 g/mol. The second kappa shape index (κ2) is 5.52. The molecule has 108 valence electrons. The fraction of sp³-hybridized carbons (Fsp3) is 0.429. The van der Waals surface area contributed by atoms with Crippen LogP contribution in [0.4, 0.5) is 4.39 Å². The maximum absolute atomic E-state index is 13.3. The zero-order chi connectivity index (χ0) is 14.9. The van der Waals surface area contributed by atoms with Crippen LogP contribution in [0.5, 0.6) is 0 Å². The number of nitrogens with zero attached hydrogens (tertiary/aromatic N) is 1. The highest BCUT2D eigenvalue weighted by molar-refractivity contribution is 9.10. The topological polar surface area (TPSA) is 57.6 Å². The standard InChI is InChI=1S/C14H15BrFNO3/c1-14(13(19)20)3-2-4-17(8-14)12(18)9-5-10(15)7-11(16)6-9/h5-7H,2-4,8H2,1H3,(H,19,20). The molecule has 6 heteroatoms. The molecule has 1 amide bonds.